The fraction of sp³-hybridized carbons (Fsp3) is 0. The van der Waals surface area contributed by atoms with E-state index in [4.69, 9.17) is 15.0 Å². The molecule has 0 fully saturated rings. The first-order valence-electron chi connectivity index (χ1n) is 23.4. The minimum atomic E-state index is 0.536. The maximum atomic E-state index is 5.49. The molecule has 10 aromatic carbocycles. The molecule has 14 rings (SSSR count). The largest absolute Gasteiger partial charge is 0.308 e. The van der Waals surface area contributed by atoms with Crippen LogP contribution in [-0.2, 0) is 0 Å². The molecule has 0 spiro atoms. The van der Waals surface area contributed by atoms with Gasteiger partial charge in [-0.25, -0.2) is 4.98 Å². The van der Waals surface area contributed by atoms with E-state index in [1.54, 1.807) is 0 Å². The second kappa shape index (κ2) is 15.6. The minimum Gasteiger partial charge on any atom is -0.308 e. The molecule has 0 aliphatic heterocycles. The minimum absolute atomic E-state index is 0.536. The average molecular weight is 881 g/mol. The van der Waals surface area contributed by atoms with Crippen molar-refractivity contribution in [1.82, 2.24) is 28.7 Å². The molecule has 6 heteroatoms. The van der Waals surface area contributed by atoms with Crippen LogP contribution in [0.25, 0.3) is 128 Å². The van der Waals surface area contributed by atoms with Crippen LogP contribution in [-0.4, -0.2) is 28.7 Å². The van der Waals surface area contributed by atoms with Crippen LogP contribution in [0.1, 0.15) is 0 Å². The van der Waals surface area contributed by atoms with E-state index in [1.165, 1.54) is 21.5 Å². The number of rotatable bonds is 7. The molecule has 0 amide bonds. The van der Waals surface area contributed by atoms with Gasteiger partial charge < -0.3 is 9.13 Å². The Morgan fingerprint density at radius 1 is 0.261 bits per heavy atom. The normalized spacial score (nSPS) is 11.8. The molecule has 0 radical (unpaired) electrons. The number of aromatic nitrogens is 6. The standard InChI is InChI=1S/C63H40N6/c1-4-19-41(20-5-1)43-35-37-44(38-36-43)61-64-62(46-24-18-23-45(39-46)42-21-6-2-7-22-42)66-63(65-61)69-55-34-17-13-30-51(55)59-57(69)40-56(68-52-31-14-10-27-48(52)49-28-11-15-32-53(49)68)58-50-29-12-16-33-54(50)67(60(58)59)47-25-8-3-9-26-47/h1-40H. The van der Waals surface area contributed by atoms with Crippen molar-refractivity contribution in [2.45, 2.75) is 0 Å². The highest BCUT2D eigenvalue weighted by atomic mass is 15.2. The van der Waals surface area contributed by atoms with Gasteiger partial charge in [0.1, 0.15) is 0 Å². The predicted molar refractivity (Wildman–Crippen MR) is 285 cm³/mol. The molecule has 0 aliphatic carbocycles. The van der Waals surface area contributed by atoms with Gasteiger partial charge in [0, 0.05) is 49.1 Å². The van der Waals surface area contributed by atoms with Crippen LogP contribution in [0.3, 0.4) is 0 Å². The van der Waals surface area contributed by atoms with Gasteiger partial charge in [0.05, 0.1) is 38.8 Å². The van der Waals surface area contributed by atoms with Crippen LogP contribution in [0.2, 0.25) is 0 Å². The van der Waals surface area contributed by atoms with E-state index in [1.807, 2.05) is 12.1 Å². The molecule has 0 bridgehead atoms. The lowest BCUT2D eigenvalue weighted by atomic mass is 10.0. The first kappa shape index (κ1) is 38.8. The highest BCUT2D eigenvalue weighted by Gasteiger charge is 2.27. The molecule has 14 aromatic rings. The zero-order chi connectivity index (χ0) is 45.4. The summed E-state index contributed by atoms with van der Waals surface area (Å²) in [5, 5.41) is 6.98. The fourth-order valence-electron chi connectivity index (χ4n) is 10.6. The summed E-state index contributed by atoms with van der Waals surface area (Å²) in [4.78, 5) is 16.3. The summed E-state index contributed by atoms with van der Waals surface area (Å²) in [5.74, 6) is 1.72. The Labute approximate surface area is 397 Å². The van der Waals surface area contributed by atoms with Crippen molar-refractivity contribution in [3.05, 3.63) is 243 Å². The number of nitrogens with zero attached hydrogens (tertiary/aromatic N) is 6. The molecule has 0 atom stereocenters. The third-order valence-electron chi connectivity index (χ3n) is 13.7. The number of hydrogen-bond donors (Lipinski definition) is 0. The van der Waals surface area contributed by atoms with Crippen LogP contribution >= 0.6 is 0 Å². The van der Waals surface area contributed by atoms with Gasteiger partial charge in [-0.15, -0.1) is 0 Å². The fourth-order valence-corrected chi connectivity index (χ4v) is 10.6. The van der Waals surface area contributed by atoms with Crippen molar-refractivity contribution in [2.24, 2.45) is 0 Å². The van der Waals surface area contributed by atoms with E-state index in [2.05, 4.69) is 244 Å². The first-order valence-corrected chi connectivity index (χ1v) is 23.4. The van der Waals surface area contributed by atoms with Crippen LogP contribution in [0.4, 0.5) is 0 Å². The Balaban J connectivity index is 1.12. The van der Waals surface area contributed by atoms with E-state index >= 15 is 0 Å². The van der Waals surface area contributed by atoms with Gasteiger partial charge in [-0.2, -0.15) is 9.97 Å². The summed E-state index contributed by atoms with van der Waals surface area (Å²) >= 11 is 0. The van der Waals surface area contributed by atoms with Gasteiger partial charge in [0.15, 0.2) is 11.6 Å². The zero-order valence-corrected chi connectivity index (χ0v) is 37.3. The Morgan fingerprint density at radius 2 is 0.696 bits per heavy atom. The molecule has 4 aromatic heterocycles. The maximum Gasteiger partial charge on any atom is 0.238 e. The van der Waals surface area contributed by atoms with Gasteiger partial charge in [-0.1, -0.05) is 194 Å². The summed E-state index contributed by atoms with van der Waals surface area (Å²) in [5.41, 5.74) is 15.0. The van der Waals surface area contributed by atoms with Crippen molar-refractivity contribution < 1.29 is 0 Å². The van der Waals surface area contributed by atoms with E-state index in [0.29, 0.717) is 17.6 Å². The molecule has 0 N–H and O–H groups in total. The van der Waals surface area contributed by atoms with E-state index < -0.39 is 0 Å². The summed E-state index contributed by atoms with van der Waals surface area (Å²) in [6, 6.07) is 86.2. The van der Waals surface area contributed by atoms with Gasteiger partial charge in [-0.05, 0) is 70.8 Å². The van der Waals surface area contributed by atoms with Crippen molar-refractivity contribution in [1.29, 1.82) is 0 Å². The van der Waals surface area contributed by atoms with Crippen LogP contribution in [0, 0.1) is 0 Å². The average Bonchev–Trinajstić information content (AvgIpc) is 4.07. The van der Waals surface area contributed by atoms with Gasteiger partial charge >= 0.3 is 0 Å². The monoisotopic (exact) mass is 880 g/mol. The summed E-state index contributed by atoms with van der Waals surface area (Å²) in [6.07, 6.45) is 0. The lowest BCUT2D eigenvalue weighted by Crippen LogP contribution is -2.07. The van der Waals surface area contributed by atoms with Crippen molar-refractivity contribution >= 4 is 65.4 Å². The Kier molecular flexibility index (Phi) is 8.79. The Morgan fingerprint density at radius 3 is 1.32 bits per heavy atom. The Bertz CT molecular complexity index is 4230. The number of benzene rings is 10. The second-order valence-electron chi connectivity index (χ2n) is 17.6. The number of hydrogen-bond acceptors (Lipinski definition) is 3. The Hall–Kier alpha value is -9.39. The molecule has 322 valence electrons. The summed E-state index contributed by atoms with van der Waals surface area (Å²) in [7, 11) is 0. The lowest BCUT2D eigenvalue weighted by molar-refractivity contribution is 0.953. The van der Waals surface area contributed by atoms with Crippen LogP contribution in [0.5, 0.6) is 0 Å². The molecular weight excluding hydrogens is 841 g/mol. The van der Waals surface area contributed by atoms with E-state index in [0.717, 1.165) is 88.6 Å². The van der Waals surface area contributed by atoms with Crippen LogP contribution < -0.4 is 0 Å². The third kappa shape index (κ3) is 6.16. The third-order valence-corrected chi connectivity index (χ3v) is 13.7. The molecule has 4 heterocycles. The predicted octanol–water partition coefficient (Wildman–Crippen LogP) is 15.8. The van der Waals surface area contributed by atoms with Crippen LogP contribution in [0.15, 0.2) is 243 Å². The highest BCUT2D eigenvalue weighted by molar-refractivity contribution is 6.29. The first-order chi connectivity index (χ1) is 34.2. The molecular formula is C63H40N6. The van der Waals surface area contributed by atoms with Gasteiger partial charge in [0.25, 0.3) is 0 Å². The maximum absolute atomic E-state index is 5.49. The summed E-state index contributed by atoms with van der Waals surface area (Å²) < 4.78 is 7.18. The van der Waals surface area contributed by atoms with E-state index in [-0.39, 0.29) is 0 Å². The molecule has 69 heavy (non-hydrogen) atoms. The topological polar surface area (TPSA) is 53.5 Å². The second-order valence-corrected chi connectivity index (χ2v) is 17.6. The highest BCUT2D eigenvalue weighted by Crippen LogP contribution is 2.46. The number of para-hydroxylation sites is 5. The SMILES string of the molecule is c1ccc(-c2ccc(-c3nc(-c4cccc(-c5ccccc5)c4)nc(-n4c5ccccc5c5c4cc(-n4c6ccccc6c6ccccc64)c4c6ccccc6n(-c6ccccc6)c45)n3)cc2)cc1. The van der Waals surface area contributed by atoms with Crippen molar-refractivity contribution in [3.8, 4) is 62.4 Å². The zero-order valence-electron chi connectivity index (χ0n) is 37.3. The summed E-state index contributed by atoms with van der Waals surface area (Å²) in [6.45, 7) is 0. The van der Waals surface area contributed by atoms with Crippen molar-refractivity contribution in [3.63, 3.8) is 0 Å². The quantitative estimate of drug-likeness (QED) is 0.160. The smallest absolute Gasteiger partial charge is 0.238 e. The number of fused-ring (bicyclic) bond motifs is 10. The molecule has 6 nitrogen and oxygen atoms in total. The molecule has 0 unspecified atom stereocenters. The molecule has 0 saturated carbocycles. The van der Waals surface area contributed by atoms with E-state index in [9.17, 15) is 0 Å². The lowest BCUT2D eigenvalue weighted by Gasteiger charge is -2.15. The van der Waals surface area contributed by atoms with Gasteiger partial charge in [0.2, 0.25) is 5.95 Å². The van der Waals surface area contributed by atoms with Gasteiger partial charge in [-0.3, -0.25) is 4.57 Å². The molecule has 0 saturated heterocycles. The van der Waals surface area contributed by atoms with Crippen molar-refractivity contribution in [2.75, 3.05) is 0 Å². The molecule has 0 aliphatic rings.